The van der Waals surface area contributed by atoms with E-state index in [4.69, 9.17) is 0 Å². The highest BCUT2D eigenvalue weighted by Crippen LogP contribution is 2.28. The fourth-order valence-corrected chi connectivity index (χ4v) is 3.11. The molecule has 0 aliphatic carbocycles. The van der Waals surface area contributed by atoms with Crippen molar-refractivity contribution in [2.45, 2.75) is 12.5 Å². The van der Waals surface area contributed by atoms with Gasteiger partial charge >= 0.3 is 6.03 Å². The molecule has 5 nitrogen and oxygen atoms in total. The highest BCUT2D eigenvalue weighted by atomic mass is 16.2. The van der Waals surface area contributed by atoms with Gasteiger partial charge in [-0.2, -0.15) is 5.10 Å². The number of benzene rings is 3. The van der Waals surface area contributed by atoms with Crippen molar-refractivity contribution in [1.29, 1.82) is 0 Å². The predicted octanol–water partition coefficient (Wildman–Crippen LogP) is 3.64. The fourth-order valence-electron chi connectivity index (χ4n) is 3.11. The van der Waals surface area contributed by atoms with E-state index in [0.29, 0.717) is 0 Å². The van der Waals surface area contributed by atoms with Gasteiger partial charge in [0.05, 0.1) is 6.21 Å². The highest BCUT2D eigenvalue weighted by Gasteiger charge is 2.49. The van der Waals surface area contributed by atoms with Crippen molar-refractivity contribution in [1.82, 2.24) is 10.3 Å². The Morgan fingerprint density at radius 3 is 2.38 bits per heavy atom. The molecule has 128 valence electrons. The maximum Gasteiger partial charge on any atom is 0.346 e. The Balaban J connectivity index is 1.62. The molecule has 0 unspecified atom stereocenters. The number of hydrogen-bond donors (Lipinski definition) is 1. The number of nitrogens with zero attached hydrogens (tertiary/aromatic N) is 2. The number of nitrogens with one attached hydrogen (secondary N) is 1. The molecule has 4 rings (SSSR count). The molecular weight excluding hydrogens is 326 g/mol. The second-order valence-corrected chi connectivity index (χ2v) is 6.39. The predicted molar refractivity (Wildman–Crippen MR) is 101 cm³/mol. The number of carbonyl (C=O) groups excluding carboxylic acids is 2. The molecule has 0 radical (unpaired) electrons. The van der Waals surface area contributed by atoms with Crippen molar-refractivity contribution in [3.8, 4) is 0 Å². The van der Waals surface area contributed by atoms with Crippen molar-refractivity contribution in [2.75, 3.05) is 0 Å². The third kappa shape index (κ3) is 2.63. The summed E-state index contributed by atoms with van der Waals surface area (Å²) in [7, 11) is 0. The Kier molecular flexibility index (Phi) is 3.77. The van der Waals surface area contributed by atoms with E-state index in [2.05, 4.69) is 10.4 Å². The van der Waals surface area contributed by atoms with E-state index in [-0.39, 0.29) is 0 Å². The van der Waals surface area contributed by atoms with Gasteiger partial charge in [0.2, 0.25) is 0 Å². The van der Waals surface area contributed by atoms with Gasteiger partial charge in [-0.1, -0.05) is 66.7 Å². The normalized spacial score (nSPS) is 20.1. The van der Waals surface area contributed by atoms with Crippen LogP contribution in [0.2, 0.25) is 0 Å². The number of hydrazone groups is 1. The summed E-state index contributed by atoms with van der Waals surface area (Å²) in [6.07, 6.45) is 1.53. The number of carbonyl (C=O) groups is 2. The quantitative estimate of drug-likeness (QED) is 0.583. The SMILES string of the molecule is C[C@]1(c2ccccc2)NC(=O)N(/N=C\c2ccc3ccccc3c2)C1=O. The minimum Gasteiger partial charge on any atom is -0.318 e. The standard InChI is InChI=1S/C21H17N3O2/c1-21(18-9-3-2-4-10-18)19(25)24(20(26)23-21)22-14-15-11-12-16-7-5-6-8-17(16)13-15/h2-14H,1H3,(H,23,26)/b22-14-/t21-/m1/s1. The lowest BCUT2D eigenvalue weighted by molar-refractivity contribution is -0.131. The van der Waals surface area contributed by atoms with E-state index in [1.807, 2.05) is 72.8 Å². The van der Waals surface area contributed by atoms with Crippen molar-refractivity contribution in [2.24, 2.45) is 5.10 Å². The number of amides is 3. The Morgan fingerprint density at radius 1 is 0.923 bits per heavy atom. The Bertz CT molecular complexity index is 1030. The van der Waals surface area contributed by atoms with Crippen molar-refractivity contribution in [3.05, 3.63) is 83.9 Å². The molecule has 0 bridgehead atoms. The first-order valence-corrected chi connectivity index (χ1v) is 8.33. The van der Waals surface area contributed by atoms with Crippen LogP contribution in [0.3, 0.4) is 0 Å². The van der Waals surface area contributed by atoms with E-state index in [1.165, 1.54) is 6.21 Å². The largest absolute Gasteiger partial charge is 0.346 e. The summed E-state index contributed by atoms with van der Waals surface area (Å²) < 4.78 is 0. The van der Waals surface area contributed by atoms with Crippen LogP contribution in [-0.2, 0) is 10.3 Å². The van der Waals surface area contributed by atoms with Crippen LogP contribution in [0, 0.1) is 0 Å². The number of fused-ring (bicyclic) bond motifs is 1. The molecule has 3 aromatic rings. The number of urea groups is 1. The van der Waals surface area contributed by atoms with E-state index in [9.17, 15) is 9.59 Å². The highest BCUT2D eigenvalue weighted by molar-refractivity contribution is 6.07. The molecular formula is C21H17N3O2. The summed E-state index contributed by atoms with van der Waals surface area (Å²) in [6, 6.07) is 22.5. The lowest BCUT2D eigenvalue weighted by atomic mass is 9.92. The first-order valence-electron chi connectivity index (χ1n) is 8.33. The first kappa shape index (κ1) is 16.0. The molecule has 3 amide bonds. The van der Waals surface area contributed by atoms with Crippen LogP contribution in [-0.4, -0.2) is 23.2 Å². The van der Waals surface area contributed by atoms with E-state index in [1.54, 1.807) is 6.92 Å². The topological polar surface area (TPSA) is 61.8 Å². The average molecular weight is 343 g/mol. The lowest BCUT2D eigenvalue weighted by Crippen LogP contribution is -2.40. The van der Waals surface area contributed by atoms with Crippen molar-refractivity contribution >= 4 is 28.9 Å². The maximum atomic E-state index is 12.8. The summed E-state index contributed by atoms with van der Waals surface area (Å²) in [5.74, 6) is -0.397. The summed E-state index contributed by atoms with van der Waals surface area (Å²) in [5, 5.41) is 9.95. The zero-order valence-corrected chi connectivity index (χ0v) is 14.2. The second kappa shape index (κ2) is 6.11. The molecule has 5 heteroatoms. The molecule has 3 aromatic carbocycles. The Morgan fingerprint density at radius 2 is 1.62 bits per heavy atom. The first-order chi connectivity index (χ1) is 12.6. The van der Waals surface area contributed by atoms with Crippen molar-refractivity contribution in [3.63, 3.8) is 0 Å². The van der Waals surface area contributed by atoms with Gasteiger partial charge in [-0.3, -0.25) is 4.79 Å². The molecule has 1 aliphatic heterocycles. The molecule has 0 saturated carbocycles. The van der Waals surface area contributed by atoms with Gasteiger partial charge in [-0.15, -0.1) is 5.01 Å². The Labute approximate surface area is 150 Å². The molecule has 1 fully saturated rings. The van der Waals surface area contributed by atoms with Gasteiger partial charge < -0.3 is 5.32 Å². The van der Waals surface area contributed by atoms with E-state index in [0.717, 1.165) is 26.9 Å². The van der Waals surface area contributed by atoms with Crippen LogP contribution >= 0.6 is 0 Å². The van der Waals surface area contributed by atoms with Crippen LogP contribution in [0.15, 0.2) is 77.9 Å². The average Bonchev–Trinajstić information content (AvgIpc) is 2.90. The minimum absolute atomic E-state index is 0.397. The monoisotopic (exact) mass is 343 g/mol. The molecule has 1 atom stereocenters. The van der Waals surface area contributed by atoms with Gasteiger partial charge in [0, 0.05) is 0 Å². The number of hydrogen-bond acceptors (Lipinski definition) is 3. The summed E-state index contributed by atoms with van der Waals surface area (Å²) in [6.45, 7) is 1.69. The summed E-state index contributed by atoms with van der Waals surface area (Å²) >= 11 is 0. The van der Waals surface area contributed by atoms with Crippen LogP contribution in [0.5, 0.6) is 0 Å². The fraction of sp³-hybridized carbons (Fsp3) is 0.0952. The summed E-state index contributed by atoms with van der Waals surface area (Å²) in [4.78, 5) is 25.1. The van der Waals surface area contributed by atoms with Crippen LogP contribution in [0.4, 0.5) is 4.79 Å². The molecule has 1 saturated heterocycles. The van der Waals surface area contributed by atoms with Gasteiger partial charge in [0.25, 0.3) is 5.91 Å². The minimum atomic E-state index is -1.11. The molecule has 26 heavy (non-hydrogen) atoms. The number of imide groups is 1. The second-order valence-electron chi connectivity index (χ2n) is 6.39. The molecule has 0 aromatic heterocycles. The maximum absolute atomic E-state index is 12.8. The molecule has 1 heterocycles. The molecule has 1 aliphatic rings. The smallest absolute Gasteiger partial charge is 0.318 e. The third-order valence-corrected chi connectivity index (χ3v) is 4.62. The zero-order chi connectivity index (χ0) is 18.1. The van der Waals surface area contributed by atoms with Crippen LogP contribution in [0.25, 0.3) is 10.8 Å². The van der Waals surface area contributed by atoms with Gasteiger partial charge in [-0.05, 0) is 34.9 Å². The lowest BCUT2D eigenvalue weighted by Gasteiger charge is -2.20. The van der Waals surface area contributed by atoms with E-state index < -0.39 is 17.5 Å². The molecule has 1 N–H and O–H groups in total. The third-order valence-electron chi connectivity index (χ3n) is 4.62. The molecule has 0 spiro atoms. The van der Waals surface area contributed by atoms with Crippen LogP contribution in [0.1, 0.15) is 18.1 Å². The van der Waals surface area contributed by atoms with Gasteiger partial charge in [0.1, 0.15) is 5.54 Å². The van der Waals surface area contributed by atoms with Crippen molar-refractivity contribution < 1.29 is 9.59 Å². The zero-order valence-electron chi connectivity index (χ0n) is 14.2. The Hall–Kier alpha value is -3.47. The number of rotatable bonds is 3. The van der Waals surface area contributed by atoms with E-state index >= 15 is 0 Å². The van der Waals surface area contributed by atoms with Gasteiger partial charge in [-0.25, -0.2) is 4.79 Å². The van der Waals surface area contributed by atoms with Crippen LogP contribution < -0.4 is 5.32 Å². The van der Waals surface area contributed by atoms with Gasteiger partial charge in [0.15, 0.2) is 0 Å². The summed E-state index contributed by atoms with van der Waals surface area (Å²) in [5.41, 5.74) is 0.429.